The summed E-state index contributed by atoms with van der Waals surface area (Å²) >= 11 is 0. The minimum atomic E-state index is -0.318. The molecule has 108 valence electrons. The average molecular weight is 273 g/mol. The minimum Gasteiger partial charge on any atom is -0.496 e. The van der Waals surface area contributed by atoms with Crippen molar-refractivity contribution in [3.63, 3.8) is 0 Å². The molecule has 3 heteroatoms. The van der Waals surface area contributed by atoms with Crippen LogP contribution in [0.2, 0.25) is 0 Å². The van der Waals surface area contributed by atoms with Gasteiger partial charge in [-0.1, -0.05) is 27.7 Å². The van der Waals surface area contributed by atoms with E-state index in [1.54, 1.807) is 13.2 Å². The van der Waals surface area contributed by atoms with Gasteiger partial charge in [0.15, 0.2) is 0 Å². The van der Waals surface area contributed by atoms with Gasteiger partial charge in [0, 0.05) is 0 Å². The highest BCUT2D eigenvalue weighted by atomic mass is 16.5. The summed E-state index contributed by atoms with van der Waals surface area (Å²) in [5.74, 6) is 1.72. The third-order valence-corrected chi connectivity index (χ3v) is 4.12. The van der Waals surface area contributed by atoms with Gasteiger partial charge in [-0.2, -0.15) is 4.99 Å². The second-order valence-electron chi connectivity index (χ2n) is 6.23. The van der Waals surface area contributed by atoms with Gasteiger partial charge in [0.2, 0.25) is 6.08 Å². The number of benzene rings is 1. The first kappa shape index (κ1) is 14.8. The van der Waals surface area contributed by atoms with Gasteiger partial charge in [0.1, 0.15) is 5.75 Å². The maximum absolute atomic E-state index is 10.7. The summed E-state index contributed by atoms with van der Waals surface area (Å²) in [7, 11) is 1.73. The van der Waals surface area contributed by atoms with Crippen LogP contribution in [0.15, 0.2) is 17.1 Å². The summed E-state index contributed by atoms with van der Waals surface area (Å²) in [6.07, 6.45) is 3.61. The highest BCUT2D eigenvalue weighted by Gasteiger charge is 2.45. The molecule has 1 saturated carbocycles. The number of nitrogens with zero attached hydrogens (tertiary/aromatic N) is 1. The largest absolute Gasteiger partial charge is 0.496 e. The molecule has 2 rings (SSSR count). The highest BCUT2D eigenvalue weighted by molar-refractivity contribution is 5.52. The second-order valence-corrected chi connectivity index (χ2v) is 6.23. The molecule has 0 heterocycles. The molecule has 0 bridgehead atoms. The molecular weight excluding hydrogens is 250 g/mol. The Bertz CT molecular complexity index is 521. The van der Waals surface area contributed by atoms with Crippen molar-refractivity contribution in [2.24, 2.45) is 4.99 Å². The predicted octanol–water partition coefficient (Wildman–Crippen LogP) is 4.27. The Balaban J connectivity index is 2.63. The molecule has 20 heavy (non-hydrogen) atoms. The van der Waals surface area contributed by atoms with Crippen molar-refractivity contribution in [1.82, 2.24) is 0 Å². The van der Waals surface area contributed by atoms with Crippen LogP contribution in [0.5, 0.6) is 5.75 Å². The van der Waals surface area contributed by atoms with Gasteiger partial charge in [-0.15, -0.1) is 0 Å². The molecule has 0 N–H and O–H groups in total. The summed E-state index contributed by atoms with van der Waals surface area (Å²) in [6.45, 7) is 8.64. The fourth-order valence-corrected chi connectivity index (χ4v) is 2.71. The van der Waals surface area contributed by atoms with Crippen molar-refractivity contribution in [2.45, 2.75) is 57.9 Å². The molecule has 1 aromatic rings. The number of hydrogen-bond acceptors (Lipinski definition) is 3. The van der Waals surface area contributed by atoms with Gasteiger partial charge in [0.25, 0.3) is 0 Å². The van der Waals surface area contributed by atoms with E-state index >= 15 is 0 Å². The molecule has 0 unspecified atom stereocenters. The van der Waals surface area contributed by atoms with Crippen molar-refractivity contribution in [3.05, 3.63) is 28.8 Å². The van der Waals surface area contributed by atoms with E-state index in [1.807, 2.05) is 0 Å². The molecule has 0 amide bonds. The van der Waals surface area contributed by atoms with Gasteiger partial charge in [-0.05, 0) is 53.5 Å². The molecule has 1 aliphatic carbocycles. The molecule has 1 fully saturated rings. The predicted molar refractivity (Wildman–Crippen MR) is 80.2 cm³/mol. The van der Waals surface area contributed by atoms with Crippen molar-refractivity contribution in [2.75, 3.05) is 7.11 Å². The Morgan fingerprint density at radius 1 is 1.15 bits per heavy atom. The number of aliphatic imine (C=N–C) groups is 1. The van der Waals surface area contributed by atoms with E-state index in [9.17, 15) is 4.79 Å². The summed E-state index contributed by atoms with van der Waals surface area (Å²) in [4.78, 5) is 14.7. The van der Waals surface area contributed by atoms with Crippen LogP contribution in [-0.2, 0) is 10.3 Å². The molecule has 0 aliphatic heterocycles. The van der Waals surface area contributed by atoms with E-state index < -0.39 is 0 Å². The van der Waals surface area contributed by atoms with E-state index in [0.717, 1.165) is 24.2 Å². The van der Waals surface area contributed by atoms with Crippen LogP contribution in [0.4, 0.5) is 0 Å². The second kappa shape index (κ2) is 5.41. The molecular formula is C17H23NO2. The molecule has 0 aromatic heterocycles. The molecule has 0 spiro atoms. The van der Waals surface area contributed by atoms with Crippen molar-refractivity contribution >= 4 is 6.08 Å². The summed E-state index contributed by atoms with van der Waals surface area (Å²) in [6, 6.07) is 4.31. The summed E-state index contributed by atoms with van der Waals surface area (Å²) < 4.78 is 5.64. The molecule has 0 saturated heterocycles. The lowest BCUT2D eigenvalue weighted by Crippen LogP contribution is -2.08. The fraction of sp³-hybridized carbons (Fsp3) is 0.588. The lowest BCUT2D eigenvalue weighted by molar-refractivity contribution is 0.399. The van der Waals surface area contributed by atoms with Crippen LogP contribution >= 0.6 is 0 Å². The van der Waals surface area contributed by atoms with Crippen molar-refractivity contribution in [3.8, 4) is 5.75 Å². The Morgan fingerprint density at radius 3 is 1.95 bits per heavy atom. The van der Waals surface area contributed by atoms with Crippen LogP contribution in [0, 0.1) is 0 Å². The number of rotatable bonds is 5. The fourth-order valence-electron chi connectivity index (χ4n) is 2.71. The van der Waals surface area contributed by atoms with E-state index in [2.05, 4.69) is 44.8 Å². The van der Waals surface area contributed by atoms with E-state index in [-0.39, 0.29) is 5.54 Å². The van der Waals surface area contributed by atoms with E-state index in [1.165, 1.54) is 11.1 Å². The molecule has 1 aromatic carbocycles. The number of methoxy groups -OCH3 is 1. The monoisotopic (exact) mass is 273 g/mol. The Labute approximate surface area is 121 Å². The standard InChI is InChI=1S/C17H23NO2/c1-11(2)14-8-13(17(6-7-17)18-10-19)9-15(12(3)4)16(14)20-5/h8-9,11-12H,6-7H2,1-5H3. The minimum absolute atomic E-state index is 0.318. The zero-order valence-corrected chi connectivity index (χ0v) is 13.0. The van der Waals surface area contributed by atoms with Crippen LogP contribution < -0.4 is 4.74 Å². The third kappa shape index (κ3) is 2.51. The summed E-state index contributed by atoms with van der Waals surface area (Å²) in [5.41, 5.74) is 3.21. The van der Waals surface area contributed by atoms with E-state index in [4.69, 9.17) is 4.74 Å². The van der Waals surface area contributed by atoms with Crippen LogP contribution in [0.25, 0.3) is 0 Å². The first-order valence-electron chi connectivity index (χ1n) is 7.26. The molecule has 1 aliphatic rings. The van der Waals surface area contributed by atoms with Gasteiger partial charge in [0.05, 0.1) is 12.6 Å². The quantitative estimate of drug-likeness (QED) is 0.593. The third-order valence-electron chi connectivity index (χ3n) is 4.12. The molecule has 0 atom stereocenters. The number of ether oxygens (including phenoxy) is 1. The maximum atomic E-state index is 10.7. The SMILES string of the molecule is COc1c(C(C)C)cc(C2(N=C=O)CC2)cc1C(C)C. The first-order valence-corrected chi connectivity index (χ1v) is 7.26. The number of isocyanates is 1. The smallest absolute Gasteiger partial charge is 0.235 e. The zero-order valence-electron chi connectivity index (χ0n) is 13.0. The Morgan fingerprint density at radius 2 is 1.65 bits per heavy atom. The molecule has 0 radical (unpaired) electrons. The lowest BCUT2D eigenvalue weighted by Gasteiger charge is -2.22. The van der Waals surface area contributed by atoms with Gasteiger partial charge >= 0.3 is 0 Å². The number of hydrogen-bond donors (Lipinski definition) is 0. The zero-order chi connectivity index (χ0) is 14.9. The van der Waals surface area contributed by atoms with Crippen LogP contribution in [-0.4, -0.2) is 13.2 Å². The highest BCUT2D eigenvalue weighted by Crippen LogP contribution is 2.51. The Hall–Kier alpha value is -1.60. The normalized spacial score (nSPS) is 16.1. The maximum Gasteiger partial charge on any atom is 0.235 e. The average Bonchev–Trinajstić information content (AvgIpc) is 3.18. The van der Waals surface area contributed by atoms with Crippen molar-refractivity contribution in [1.29, 1.82) is 0 Å². The van der Waals surface area contributed by atoms with Gasteiger partial charge in [-0.25, -0.2) is 4.79 Å². The van der Waals surface area contributed by atoms with Crippen molar-refractivity contribution < 1.29 is 9.53 Å². The molecule has 3 nitrogen and oxygen atoms in total. The van der Waals surface area contributed by atoms with Gasteiger partial charge < -0.3 is 4.74 Å². The summed E-state index contributed by atoms with van der Waals surface area (Å²) in [5, 5.41) is 0. The van der Waals surface area contributed by atoms with Gasteiger partial charge in [-0.3, -0.25) is 0 Å². The van der Waals surface area contributed by atoms with Crippen LogP contribution in [0.1, 0.15) is 69.1 Å². The van der Waals surface area contributed by atoms with Crippen LogP contribution in [0.3, 0.4) is 0 Å². The topological polar surface area (TPSA) is 38.7 Å². The van der Waals surface area contributed by atoms with E-state index in [0.29, 0.717) is 11.8 Å². The lowest BCUT2D eigenvalue weighted by atomic mass is 9.89. The first-order chi connectivity index (χ1) is 9.45. The Kier molecular flexibility index (Phi) is 4.01. The number of carbonyl (C=O) groups excluding carboxylic acids is 1.